The molecule has 70 heavy (non-hydrogen) atoms. The number of thiazole rings is 1. The van der Waals surface area contributed by atoms with E-state index in [1.54, 1.807) is 25.4 Å². The van der Waals surface area contributed by atoms with Gasteiger partial charge in [0, 0.05) is 100 Å². The second kappa shape index (κ2) is 23.2. The lowest BCUT2D eigenvalue weighted by molar-refractivity contribution is 0.0843. The first-order valence-corrected chi connectivity index (χ1v) is 25.0. The topological polar surface area (TPSA) is 186 Å². The molecule has 0 saturated carbocycles. The number of aliphatic hydroxyl groups excluding tert-OH is 2. The van der Waals surface area contributed by atoms with Gasteiger partial charge in [-0.3, -0.25) is 0 Å². The third-order valence-electron chi connectivity index (χ3n) is 12.7. The number of likely N-dealkylation sites (N-methyl/N-ethyl adjacent to an activating group) is 2. The molecule has 0 bridgehead atoms. The zero-order chi connectivity index (χ0) is 48.4. The number of nitrogens with zero attached hydrogens (tertiary/aromatic N) is 7. The van der Waals surface area contributed by atoms with E-state index in [0.29, 0.717) is 87.1 Å². The Kier molecular flexibility index (Phi) is 16.3. The van der Waals surface area contributed by atoms with Crippen molar-refractivity contribution in [1.82, 2.24) is 35.6 Å². The molecule has 2 fully saturated rings. The van der Waals surface area contributed by atoms with Crippen molar-refractivity contribution in [2.45, 2.75) is 63.3 Å². The summed E-state index contributed by atoms with van der Waals surface area (Å²) in [6.07, 6.45) is 2.87. The minimum absolute atomic E-state index is 0.144. The largest absolute Gasteiger partial charge is 0.491 e. The molecular weight excluding hydrogens is 907 g/mol. The van der Waals surface area contributed by atoms with E-state index in [4.69, 9.17) is 48.3 Å². The van der Waals surface area contributed by atoms with Crippen LogP contribution in [0, 0.1) is 6.92 Å². The molecule has 17 heteroatoms. The van der Waals surface area contributed by atoms with Gasteiger partial charge < -0.3 is 54.0 Å². The van der Waals surface area contributed by atoms with Gasteiger partial charge in [0.25, 0.3) is 0 Å². The van der Waals surface area contributed by atoms with Crippen molar-refractivity contribution in [2.75, 3.05) is 90.2 Å². The number of aryl methyl sites for hydroxylation is 1. The summed E-state index contributed by atoms with van der Waals surface area (Å²) in [4.78, 5) is 31.6. The van der Waals surface area contributed by atoms with Crippen LogP contribution >= 0.6 is 11.3 Å². The van der Waals surface area contributed by atoms with Gasteiger partial charge in [0.2, 0.25) is 0 Å². The Labute approximate surface area is 413 Å². The zero-order valence-corrected chi connectivity index (χ0v) is 41.2. The fourth-order valence-electron chi connectivity index (χ4n) is 8.98. The molecule has 0 spiro atoms. The normalized spacial score (nSPS) is 15.5. The van der Waals surface area contributed by atoms with E-state index in [1.165, 1.54) is 0 Å². The van der Waals surface area contributed by atoms with Crippen molar-refractivity contribution >= 4 is 33.9 Å². The molecule has 6 heterocycles. The van der Waals surface area contributed by atoms with E-state index in [9.17, 15) is 10.2 Å². The molecular formula is C53H63N9O7S. The van der Waals surface area contributed by atoms with Crippen LogP contribution in [0.3, 0.4) is 0 Å². The first kappa shape index (κ1) is 49.0. The average molecular weight is 970 g/mol. The van der Waals surface area contributed by atoms with Crippen LogP contribution in [-0.4, -0.2) is 140 Å². The van der Waals surface area contributed by atoms with Crippen molar-refractivity contribution in [2.24, 2.45) is 0 Å². The monoisotopic (exact) mass is 969 g/mol. The van der Waals surface area contributed by atoms with Crippen LogP contribution < -0.4 is 29.9 Å². The molecule has 9 rings (SSSR count). The predicted octanol–water partition coefficient (Wildman–Crippen LogP) is 7.21. The van der Waals surface area contributed by atoms with Crippen molar-refractivity contribution in [3.05, 3.63) is 102 Å². The fourth-order valence-corrected chi connectivity index (χ4v) is 10.00. The van der Waals surface area contributed by atoms with E-state index in [0.717, 1.165) is 80.7 Å². The Bertz CT molecular complexity index is 2780. The first-order chi connectivity index (χ1) is 34.2. The summed E-state index contributed by atoms with van der Waals surface area (Å²) in [6.45, 7) is 6.58. The number of nitrogens with one attached hydrogen (secondary N) is 2. The number of para-hydroxylation sites is 1. The average Bonchev–Trinajstić information content (AvgIpc) is 4.01. The molecule has 0 amide bonds. The van der Waals surface area contributed by atoms with Crippen LogP contribution in [0.5, 0.6) is 11.5 Å². The number of benzene rings is 3. The molecule has 4 aromatic heterocycles. The van der Waals surface area contributed by atoms with Crippen LogP contribution in [0.2, 0.25) is 0 Å². The summed E-state index contributed by atoms with van der Waals surface area (Å²) in [5.41, 5.74) is 4.74. The molecule has 7 aromatic rings. The van der Waals surface area contributed by atoms with Gasteiger partial charge in [-0.05, 0) is 83.1 Å². The van der Waals surface area contributed by atoms with Crippen molar-refractivity contribution < 1.29 is 33.6 Å². The SMILES string of the molecule is CNCC(O)COc1cccc(-c2nc(-c3sc(CCN(c4cc(-c5cc6ccccc6o5)nc(-c5cccc(OCC(O)CNC)c5)n4)C4CCOCC4)nc3C)cc(N(C)C3CCOCC3)n2)c1. The maximum absolute atomic E-state index is 10.4. The van der Waals surface area contributed by atoms with Gasteiger partial charge in [-0.25, -0.2) is 24.9 Å². The predicted molar refractivity (Wildman–Crippen MR) is 274 cm³/mol. The van der Waals surface area contributed by atoms with Crippen LogP contribution in [0.4, 0.5) is 11.6 Å². The van der Waals surface area contributed by atoms with Crippen LogP contribution in [0.15, 0.2) is 95.4 Å². The minimum atomic E-state index is -0.655. The van der Waals surface area contributed by atoms with E-state index in [-0.39, 0.29) is 25.3 Å². The molecule has 2 atom stereocenters. The van der Waals surface area contributed by atoms with E-state index in [1.807, 2.05) is 84.9 Å². The highest BCUT2D eigenvalue weighted by Gasteiger charge is 2.27. The Hall–Kier alpha value is -6.05. The van der Waals surface area contributed by atoms with Crippen molar-refractivity contribution in [3.8, 4) is 56.3 Å². The molecule has 368 valence electrons. The molecule has 2 aliphatic rings. The molecule has 4 N–H and O–H groups in total. The maximum Gasteiger partial charge on any atom is 0.162 e. The molecule has 16 nitrogen and oxygen atoms in total. The van der Waals surface area contributed by atoms with Gasteiger partial charge in [0.1, 0.15) is 59.8 Å². The molecule has 2 unspecified atom stereocenters. The number of hydrogen-bond donors (Lipinski definition) is 4. The second-order valence-electron chi connectivity index (χ2n) is 17.9. The first-order valence-electron chi connectivity index (χ1n) is 24.2. The van der Waals surface area contributed by atoms with Gasteiger partial charge in [-0.2, -0.15) is 0 Å². The Morgan fingerprint density at radius 2 is 1.27 bits per heavy atom. The number of hydrogen-bond acceptors (Lipinski definition) is 17. The number of ether oxygens (including phenoxy) is 4. The van der Waals surface area contributed by atoms with Gasteiger partial charge >= 0.3 is 0 Å². The summed E-state index contributed by atoms with van der Waals surface area (Å²) in [7, 11) is 5.70. The highest BCUT2D eigenvalue weighted by Crippen LogP contribution is 2.36. The Balaban J connectivity index is 1.04. The fraction of sp³-hybridized carbons (Fsp3) is 0.415. The van der Waals surface area contributed by atoms with E-state index in [2.05, 4.69) is 40.5 Å². The maximum atomic E-state index is 10.4. The lowest BCUT2D eigenvalue weighted by Crippen LogP contribution is -2.41. The standard InChI is InChI=1S/C53H63N9O7S/c1-34-51(45-29-48(61(4)38-16-21-65-22-17-38)59-53(58-45)37-11-8-13-43(26-37)68-33-41(64)31-55-3)70-50(56-34)15-20-62(39-18-23-66-24-19-39)49-28-44(47-27-35-9-5-6-14-46(35)69-47)57-52(60-49)36-10-7-12-42(25-36)67-32-40(63)30-54-2/h5-14,25-29,38-41,54-55,63-64H,15-24,30-33H2,1-4H3. The number of aromatic nitrogens is 5. The smallest absolute Gasteiger partial charge is 0.162 e. The van der Waals surface area contributed by atoms with Crippen LogP contribution in [-0.2, 0) is 15.9 Å². The summed E-state index contributed by atoms with van der Waals surface area (Å²) >= 11 is 1.66. The van der Waals surface area contributed by atoms with Gasteiger partial charge in [-0.1, -0.05) is 42.5 Å². The summed E-state index contributed by atoms with van der Waals surface area (Å²) in [6, 6.07) is 30.0. The quantitative estimate of drug-likeness (QED) is 0.0566. The third-order valence-corrected chi connectivity index (χ3v) is 14.0. The summed E-state index contributed by atoms with van der Waals surface area (Å²) in [5.74, 6) is 4.60. The van der Waals surface area contributed by atoms with E-state index < -0.39 is 12.2 Å². The molecule has 2 aliphatic heterocycles. The van der Waals surface area contributed by atoms with Gasteiger partial charge in [-0.15, -0.1) is 11.3 Å². The number of furan rings is 1. The van der Waals surface area contributed by atoms with Crippen molar-refractivity contribution in [3.63, 3.8) is 0 Å². The van der Waals surface area contributed by atoms with E-state index >= 15 is 0 Å². The molecule has 3 aromatic carbocycles. The molecule has 0 aliphatic carbocycles. The lowest BCUT2D eigenvalue weighted by atomic mass is 10.1. The second-order valence-corrected chi connectivity index (χ2v) is 19.0. The van der Waals surface area contributed by atoms with Gasteiger partial charge in [0.15, 0.2) is 17.4 Å². The number of aliphatic hydroxyl groups is 2. The number of anilines is 2. The summed E-state index contributed by atoms with van der Waals surface area (Å²) in [5, 5.41) is 28.6. The number of rotatable bonds is 21. The zero-order valence-electron chi connectivity index (χ0n) is 40.3. The molecule has 0 radical (unpaired) electrons. The molecule has 2 saturated heterocycles. The highest BCUT2D eigenvalue weighted by atomic mass is 32.1. The number of fused-ring (bicyclic) bond motifs is 1. The highest BCUT2D eigenvalue weighted by molar-refractivity contribution is 7.15. The van der Waals surface area contributed by atoms with Crippen molar-refractivity contribution in [1.29, 1.82) is 0 Å². The van der Waals surface area contributed by atoms with Crippen LogP contribution in [0.25, 0.3) is 55.8 Å². The summed E-state index contributed by atoms with van der Waals surface area (Å²) < 4.78 is 30.0. The Morgan fingerprint density at radius 1 is 0.686 bits per heavy atom. The lowest BCUT2D eigenvalue weighted by Gasteiger charge is -2.35. The Morgan fingerprint density at radius 3 is 1.90 bits per heavy atom. The third kappa shape index (κ3) is 12.1. The van der Waals surface area contributed by atoms with Crippen LogP contribution in [0.1, 0.15) is 36.4 Å². The minimum Gasteiger partial charge on any atom is -0.491 e. The van der Waals surface area contributed by atoms with Gasteiger partial charge in [0.05, 0.1) is 21.3 Å².